The Bertz CT molecular complexity index is 2630. The molecule has 0 bridgehead atoms. The summed E-state index contributed by atoms with van der Waals surface area (Å²) >= 11 is 0. The van der Waals surface area contributed by atoms with Gasteiger partial charge in [-0.15, -0.1) is 0 Å². The molecule has 81 heavy (non-hydrogen) atoms. The zero-order valence-electron chi connectivity index (χ0n) is 50.0. The summed E-state index contributed by atoms with van der Waals surface area (Å²) < 4.78 is 17.7. The normalized spacial score (nSPS) is 17.1. The van der Waals surface area contributed by atoms with Gasteiger partial charge in [0.25, 0.3) is 29.5 Å². The van der Waals surface area contributed by atoms with Crippen LogP contribution in [0.4, 0.5) is 0 Å². The second kappa shape index (κ2) is 31.5. The second-order valence-electron chi connectivity index (χ2n) is 23.4. The maximum atomic E-state index is 12.1. The first kappa shape index (κ1) is 63.5. The first-order chi connectivity index (χ1) is 38.8. The maximum Gasteiger partial charge on any atom is 0.269 e. The molecule has 2 saturated heterocycles. The molecule has 446 valence electrons. The molecule has 3 saturated carbocycles. The van der Waals surface area contributed by atoms with Gasteiger partial charge in [0.2, 0.25) is 0 Å². The number of aromatic nitrogens is 9. The van der Waals surface area contributed by atoms with Gasteiger partial charge in [-0.3, -0.25) is 42.7 Å². The van der Waals surface area contributed by atoms with Gasteiger partial charge in [-0.2, -0.15) is 20.4 Å². The summed E-state index contributed by atoms with van der Waals surface area (Å²) in [7, 11) is 2.13. The number of amides is 5. The lowest BCUT2D eigenvalue weighted by Crippen LogP contribution is -2.36. The number of nitrogens with one attached hydrogen (secondary N) is 5. The average molecular weight is 1120 g/mol. The summed E-state index contributed by atoms with van der Waals surface area (Å²) in [4.78, 5) is 61.8. The summed E-state index contributed by atoms with van der Waals surface area (Å²) in [5.41, 5.74) is 4.16. The fourth-order valence-corrected chi connectivity index (χ4v) is 10.0. The number of likely N-dealkylation sites (tertiary alicyclic amines) is 1. The minimum absolute atomic E-state index is 0.0191. The van der Waals surface area contributed by atoms with Gasteiger partial charge < -0.3 is 40.7 Å². The molecule has 2 aliphatic heterocycles. The Morgan fingerprint density at radius 1 is 0.444 bits per heavy atom. The van der Waals surface area contributed by atoms with Crippen molar-refractivity contribution in [3.8, 4) is 0 Å². The summed E-state index contributed by atoms with van der Waals surface area (Å²) in [6, 6.07) is 9.43. The van der Waals surface area contributed by atoms with Crippen molar-refractivity contribution in [1.29, 1.82) is 0 Å². The minimum Gasteiger partial charge on any atom is -0.381 e. The Balaban J connectivity index is 0.000000163. The van der Waals surface area contributed by atoms with E-state index in [1.54, 1.807) is 49.1 Å². The van der Waals surface area contributed by atoms with E-state index in [1.165, 1.54) is 31.9 Å². The molecule has 5 N–H and O–H groups in total. The van der Waals surface area contributed by atoms with Gasteiger partial charge in [-0.25, -0.2) is 0 Å². The van der Waals surface area contributed by atoms with Crippen LogP contribution >= 0.6 is 0 Å². The van der Waals surface area contributed by atoms with Gasteiger partial charge >= 0.3 is 0 Å². The third-order valence-electron chi connectivity index (χ3n) is 14.4. The number of hydrogen-bond donors (Lipinski definition) is 5. The van der Waals surface area contributed by atoms with E-state index < -0.39 is 0 Å². The van der Waals surface area contributed by atoms with Gasteiger partial charge in [0, 0.05) is 74.1 Å². The highest BCUT2D eigenvalue weighted by Gasteiger charge is 2.30. The molecule has 0 atom stereocenters. The van der Waals surface area contributed by atoms with Crippen LogP contribution in [0.2, 0.25) is 0 Å². The van der Waals surface area contributed by atoms with Crippen LogP contribution in [0.3, 0.4) is 0 Å². The Morgan fingerprint density at radius 3 is 1.14 bits per heavy atom. The van der Waals surface area contributed by atoms with Crippen LogP contribution < -0.4 is 26.6 Å². The number of hydrogen-bond acceptors (Lipinski definition) is 13. The molecular formula is C59H93N15O7. The fourth-order valence-electron chi connectivity index (χ4n) is 10.0. The van der Waals surface area contributed by atoms with E-state index in [4.69, 9.17) is 9.26 Å². The predicted octanol–water partition coefficient (Wildman–Crippen LogP) is 8.62. The highest BCUT2D eigenvalue weighted by molar-refractivity contribution is 5.95. The van der Waals surface area contributed by atoms with Gasteiger partial charge in [0.05, 0.1) is 29.9 Å². The molecule has 5 aromatic heterocycles. The predicted molar refractivity (Wildman–Crippen MR) is 310 cm³/mol. The molecule has 22 heteroatoms. The molecule has 0 unspecified atom stereocenters. The molecule has 7 heterocycles. The number of piperidine rings is 1. The molecule has 10 rings (SSSR count). The highest BCUT2D eigenvalue weighted by Crippen LogP contribution is 2.36. The van der Waals surface area contributed by atoms with Crippen LogP contribution in [-0.4, -0.2) is 142 Å². The average Bonchev–Trinajstić information content (AvgIpc) is 4.13. The quantitative estimate of drug-likeness (QED) is 0.0659. The van der Waals surface area contributed by atoms with E-state index in [0.717, 1.165) is 96.2 Å². The van der Waals surface area contributed by atoms with Crippen LogP contribution in [-0.2, 0) is 4.74 Å². The van der Waals surface area contributed by atoms with Crippen molar-refractivity contribution in [2.45, 2.75) is 219 Å². The number of carbonyl (C=O) groups excluding carboxylic acids is 5. The lowest BCUT2D eigenvalue weighted by molar-refractivity contribution is 0.0641. The lowest BCUT2D eigenvalue weighted by atomic mass is 9.85. The molecule has 0 radical (unpaired) electrons. The highest BCUT2D eigenvalue weighted by atomic mass is 16.5. The Hall–Kier alpha value is -6.68. The maximum absolute atomic E-state index is 12.1. The third-order valence-corrected chi connectivity index (χ3v) is 14.4. The van der Waals surface area contributed by atoms with E-state index in [0.29, 0.717) is 52.4 Å². The molecule has 3 aliphatic carbocycles. The standard InChI is InChI=1S/C13H22N4O.C13H20N2O2.C12H19N3O2.C11H17N3O.C10H15N3O/c1-10(2)15-13(18)12-4-7-14-17(12)11-5-8-16(3)9-6-11;1-9(2)14-13(16)11-8-17-15-12(11)10-6-4-3-5-7-10;1-9(2)14-12(16)11-3-6-13-15(11)10-4-7-17-8-5-10;1-8(2)13-11(15)10-6-7-12-14(10)9-4-3-5-9;1-7(2)12-10(14)9-5-6-11-13(9)8-3-4-8/h4,7,10-11H,5-6,8-9H2,1-3H3,(H,15,18);8-10H,3-7H2,1-2H3,(H,14,16);3,6,9-10H,4-5,7-8H2,1-2H3,(H,14,16);6-9H,3-5H2,1-2H3,(H,13,15);5-8H,3-4H2,1-2H3,(H,12,14). The molecule has 0 aromatic carbocycles. The van der Waals surface area contributed by atoms with Crippen LogP contribution in [0, 0.1) is 0 Å². The van der Waals surface area contributed by atoms with Crippen molar-refractivity contribution >= 4 is 29.5 Å². The second-order valence-corrected chi connectivity index (χ2v) is 23.4. The van der Waals surface area contributed by atoms with Crippen molar-refractivity contribution < 1.29 is 33.2 Å². The molecule has 5 amide bonds. The first-order valence-corrected chi connectivity index (χ1v) is 29.7. The summed E-state index contributed by atoms with van der Waals surface area (Å²) in [6.45, 7) is 23.2. The van der Waals surface area contributed by atoms with E-state index >= 15 is 0 Å². The fraction of sp³-hybridized carbons (Fsp3) is 0.661. The van der Waals surface area contributed by atoms with Crippen LogP contribution in [0.1, 0.15) is 247 Å². The third kappa shape index (κ3) is 19.5. The van der Waals surface area contributed by atoms with Gasteiger partial charge in [-0.05, 0) is 184 Å². The SMILES string of the molecule is CC(C)NC(=O)c1ccnn1C1CC1.CC(C)NC(=O)c1ccnn1C1CCC1.CC(C)NC(=O)c1ccnn1C1CCN(C)CC1.CC(C)NC(=O)c1ccnn1C1CCOCC1.CC(C)NC(=O)c1conc1C1CCCCC1. The van der Waals surface area contributed by atoms with E-state index in [9.17, 15) is 24.0 Å². The van der Waals surface area contributed by atoms with E-state index in [1.807, 2.05) is 88.0 Å². The van der Waals surface area contributed by atoms with Crippen molar-refractivity contribution in [3.05, 3.63) is 89.3 Å². The largest absolute Gasteiger partial charge is 0.381 e. The topological polar surface area (TPSA) is 255 Å². The number of ether oxygens (including phenoxy) is 1. The molecular weight excluding hydrogens is 1030 g/mol. The number of carbonyl (C=O) groups is 5. The Kier molecular flexibility index (Phi) is 24.7. The summed E-state index contributed by atoms with van der Waals surface area (Å²) in [5.74, 6) is 0.210. The van der Waals surface area contributed by atoms with Crippen molar-refractivity contribution in [3.63, 3.8) is 0 Å². The van der Waals surface area contributed by atoms with Crippen LogP contribution in [0.25, 0.3) is 0 Å². The smallest absolute Gasteiger partial charge is 0.269 e. The molecule has 22 nitrogen and oxygen atoms in total. The van der Waals surface area contributed by atoms with Gasteiger partial charge in [0.1, 0.15) is 34.6 Å². The van der Waals surface area contributed by atoms with Crippen molar-refractivity contribution in [2.24, 2.45) is 0 Å². The van der Waals surface area contributed by atoms with Crippen molar-refractivity contribution in [2.75, 3.05) is 33.4 Å². The number of nitrogens with zero attached hydrogens (tertiary/aromatic N) is 10. The zero-order valence-corrected chi connectivity index (χ0v) is 50.0. The zero-order chi connectivity index (χ0) is 58.6. The Morgan fingerprint density at radius 2 is 0.790 bits per heavy atom. The first-order valence-electron chi connectivity index (χ1n) is 29.7. The minimum atomic E-state index is -0.0678. The van der Waals surface area contributed by atoms with Gasteiger partial charge in [-0.1, -0.05) is 24.4 Å². The number of rotatable bonds is 15. The van der Waals surface area contributed by atoms with Crippen LogP contribution in [0.15, 0.2) is 59.8 Å². The molecule has 5 aromatic rings. The van der Waals surface area contributed by atoms with E-state index in [-0.39, 0.29) is 65.8 Å². The lowest BCUT2D eigenvalue weighted by Gasteiger charge is -2.29. The van der Waals surface area contributed by atoms with Gasteiger partial charge in [0.15, 0.2) is 0 Å². The molecule has 5 fully saturated rings. The van der Waals surface area contributed by atoms with E-state index in [2.05, 4.69) is 64.1 Å². The van der Waals surface area contributed by atoms with Crippen molar-refractivity contribution in [1.82, 2.24) is 75.8 Å². The molecule has 5 aliphatic rings. The van der Waals surface area contributed by atoms with Crippen LogP contribution in [0.5, 0.6) is 0 Å². The Labute approximate surface area is 479 Å². The summed E-state index contributed by atoms with van der Waals surface area (Å²) in [5, 5.41) is 35.5. The monoisotopic (exact) mass is 1120 g/mol. The molecule has 0 spiro atoms. The summed E-state index contributed by atoms with van der Waals surface area (Å²) in [6.07, 6.45) is 24.0.